The van der Waals surface area contributed by atoms with Crippen LogP contribution in [0.4, 0.5) is 17.1 Å². The van der Waals surface area contributed by atoms with Gasteiger partial charge in [-0.3, -0.25) is 0 Å². The van der Waals surface area contributed by atoms with Gasteiger partial charge in [-0.2, -0.15) is 0 Å². The van der Waals surface area contributed by atoms with Crippen LogP contribution in [0, 0.1) is 0 Å². The van der Waals surface area contributed by atoms with Gasteiger partial charge in [-0.1, -0.05) is 237 Å². The largest absolute Gasteiger partial charge is 0.310 e. The molecule has 0 saturated heterocycles. The predicted molar refractivity (Wildman–Crippen MR) is 262 cm³/mol. The average molecular weight is 804 g/mol. The Morgan fingerprint density at radius 1 is 0.270 bits per heavy atom. The van der Waals surface area contributed by atoms with Crippen LogP contribution in [0.3, 0.4) is 0 Å². The summed E-state index contributed by atoms with van der Waals surface area (Å²) in [7, 11) is 0. The fourth-order valence-corrected chi connectivity index (χ4v) is 10.4. The molecule has 0 amide bonds. The zero-order valence-electron chi connectivity index (χ0n) is 34.9. The van der Waals surface area contributed by atoms with Gasteiger partial charge in [0.25, 0.3) is 0 Å². The topological polar surface area (TPSA) is 3.24 Å². The van der Waals surface area contributed by atoms with Crippen molar-refractivity contribution >= 4 is 17.1 Å². The minimum Gasteiger partial charge on any atom is -0.310 e. The number of fused-ring (bicyclic) bond motifs is 3. The Bertz CT molecular complexity index is 2970. The first kappa shape index (κ1) is 38.0. The lowest BCUT2D eigenvalue weighted by Crippen LogP contribution is -2.30. The van der Waals surface area contributed by atoms with E-state index >= 15 is 0 Å². The molecule has 1 nitrogen and oxygen atoms in total. The van der Waals surface area contributed by atoms with Crippen molar-refractivity contribution < 1.29 is 0 Å². The van der Waals surface area contributed by atoms with Crippen LogP contribution >= 0.6 is 0 Å². The molecule has 0 bridgehead atoms. The average Bonchev–Trinajstić information content (AvgIpc) is 3.67. The van der Waals surface area contributed by atoms with Crippen LogP contribution < -0.4 is 4.90 Å². The summed E-state index contributed by atoms with van der Waals surface area (Å²) in [6.45, 7) is 0. The van der Waals surface area contributed by atoms with Crippen molar-refractivity contribution in [2.24, 2.45) is 0 Å². The quantitative estimate of drug-likeness (QED) is 0.125. The zero-order valence-corrected chi connectivity index (χ0v) is 34.9. The summed E-state index contributed by atoms with van der Waals surface area (Å²) < 4.78 is 0. The van der Waals surface area contributed by atoms with Gasteiger partial charge in [-0.05, 0) is 103 Å². The van der Waals surface area contributed by atoms with Gasteiger partial charge in [0.2, 0.25) is 0 Å². The van der Waals surface area contributed by atoms with Gasteiger partial charge in [-0.25, -0.2) is 0 Å². The summed E-state index contributed by atoms with van der Waals surface area (Å²) in [6, 6.07) is 99.8. The van der Waals surface area contributed by atoms with Crippen LogP contribution in [-0.4, -0.2) is 0 Å². The predicted octanol–water partition coefficient (Wildman–Crippen LogP) is 15.6. The summed E-state index contributed by atoms with van der Waals surface area (Å²) in [6.07, 6.45) is 0. The minimum atomic E-state index is -0.488. The Balaban J connectivity index is 1.01. The SMILES string of the molecule is c1ccc(N(c2ccc(-c3ccc(C(c4ccccc4)(c4ccccc4)c4ccccc4)cc3)cc2)c2ccc3c(c2)C(c2ccccc2)(c2ccccc2)c2ccccc2-3)cc1. The molecule has 0 fully saturated rings. The molecule has 0 aromatic heterocycles. The van der Waals surface area contributed by atoms with Crippen molar-refractivity contribution in [3.8, 4) is 22.3 Å². The maximum atomic E-state index is 2.44. The fraction of sp³-hybridized carbons (Fsp3) is 0.0323. The van der Waals surface area contributed by atoms with E-state index in [1.54, 1.807) is 0 Å². The summed E-state index contributed by atoms with van der Waals surface area (Å²) in [5.74, 6) is 0. The van der Waals surface area contributed by atoms with Crippen molar-refractivity contribution in [1.29, 1.82) is 0 Å². The molecule has 1 heteroatoms. The highest BCUT2D eigenvalue weighted by Gasteiger charge is 2.46. The Morgan fingerprint density at radius 3 is 1.14 bits per heavy atom. The summed E-state index contributed by atoms with van der Waals surface area (Å²) in [5, 5.41) is 0. The standard InChI is InChI=1S/C62H45N/c1-7-21-48(22-8-1)61(49-23-9-2-10-24-49,50-25-11-3-12-26-50)53-39-35-46(36-40-53)47-37-41-55(42-38-47)63(54-31-17-6-18-32-54)56-43-44-58-57-33-19-20-34-59(57)62(60(58)45-56,51-27-13-4-14-28-51)52-29-15-5-16-30-52/h1-45H. The first-order valence-corrected chi connectivity index (χ1v) is 21.8. The Labute approximate surface area is 370 Å². The molecule has 0 aliphatic heterocycles. The van der Waals surface area contributed by atoms with E-state index in [0.717, 1.165) is 17.1 Å². The number of rotatable bonds is 10. The van der Waals surface area contributed by atoms with Gasteiger partial charge in [-0.15, -0.1) is 0 Å². The Kier molecular flexibility index (Phi) is 9.71. The lowest BCUT2D eigenvalue weighted by Gasteiger charge is -2.37. The van der Waals surface area contributed by atoms with Crippen LogP contribution in [0.2, 0.25) is 0 Å². The number of anilines is 3. The molecule has 10 aromatic rings. The molecule has 0 unspecified atom stereocenters. The summed E-state index contributed by atoms with van der Waals surface area (Å²) >= 11 is 0. The molecule has 10 aromatic carbocycles. The van der Waals surface area contributed by atoms with Gasteiger partial charge in [0.15, 0.2) is 0 Å². The Hall–Kier alpha value is -8.00. The molecule has 1 aliphatic rings. The molecule has 298 valence electrons. The third-order valence-electron chi connectivity index (χ3n) is 13.1. The van der Waals surface area contributed by atoms with E-state index in [1.165, 1.54) is 66.8 Å². The van der Waals surface area contributed by atoms with Gasteiger partial charge in [0, 0.05) is 17.1 Å². The monoisotopic (exact) mass is 803 g/mol. The number of nitrogens with zero attached hydrogens (tertiary/aromatic N) is 1. The molecule has 63 heavy (non-hydrogen) atoms. The second-order valence-corrected chi connectivity index (χ2v) is 16.4. The number of para-hydroxylation sites is 1. The van der Waals surface area contributed by atoms with Crippen LogP contribution in [-0.2, 0) is 10.8 Å². The molecular weight excluding hydrogens is 759 g/mol. The van der Waals surface area contributed by atoms with Gasteiger partial charge < -0.3 is 4.90 Å². The minimum absolute atomic E-state index is 0.484. The first-order chi connectivity index (χ1) is 31.3. The first-order valence-electron chi connectivity index (χ1n) is 21.8. The van der Waals surface area contributed by atoms with Crippen molar-refractivity contribution in [2.45, 2.75) is 10.8 Å². The maximum Gasteiger partial charge on any atom is 0.0714 e. The van der Waals surface area contributed by atoms with Gasteiger partial charge in [0.1, 0.15) is 0 Å². The molecule has 0 atom stereocenters. The molecule has 1 aliphatic carbocycles. The fourth-order valence-electron chi connectivity index (χ4n) is 10.4. The van der Waals surface area contributed by atoms with E-state index in [9.17, 15) is 0 Å². The number of hydrogen-bond acceptors (Lipinski definition) is 1. The van der Waals surface area contributed by atoms with Crippen molar-refractivity contribution in [1.82, 2.24) is 0 Å². The number of hydrogen-bond donors (Lipinski definition) is 0. The molecule has 0 saturated carbocycles. The van der Waals surface area contributed by atoms with E-state index in [2.05, 4.69) is 278 Å². The molecule has 0 N–H and O–H groups in total. The lowest BCUT2D eigenvalue weighted by molar-refractivity contribution is 0.745. The van der Waals surface area contributed by atoms with Crippen molar-refractivity contribution in [3.05, 3.63) is 317 Å². The number of benzene rings is 10. The van der Waals surface area contributed by atoms with E-state index in [4.69, 9.17) is 0 Å². The van der Waals surface area contributed by atoms with E-state index in [1.807, 2.05) is 0 Å². The second-order valence-electron chi connectivity index (χ2n) is 16.4. The molecule has 0 heterocycles. The highest BCUT2D eigenvalue weighted by Crippen LogP contribution is 2.57. The summed E-state index contributed by atoms with van der Waals surface area (Å²) in [5.41, 5.74) is 17.3. The molecule has 0 radical (unpaired) electrons. The van der Waals surface area contributed by atoms with E-state index < -0.39 is 10.8 Å². The Morgan fingerprint density at radius 2 is 0.635 bits per heavy atom. The van der Waals surface area contributed by atoms with Crippen LogP contribution in [0.25, 0.3) is 22.3 Å². The van der Waals surface area contributed by atoms with Crippen LogP contribution in [0.5, 0.6) is 0 Å². The van der Waals surface area contributed by atoms with Crippen LogP contribution in [0.15, 0.2) is 273 Å². The van der Waals surface area contributed by atoms with Crippen LogP contribution in [0.1, 0.15) is 44.5 Å². The summed E-state index contributed by atoms with van der Waals surface area (Å²) in [4.78, 5) is 2.39. The van der Waals surface area contributed by atoms with Gasteiger partial charge in [0.05, 0.1) is 10.8 Å². The zero-order chi connectivity index (χ0) is 42.1. The van der Waals surface area contributed by atoms with Crippen molar-refractivity contribution in [3.63, 3.8) is 0 Å². The van der Waals surface area contributed by atoms with E-state index in [0.29, 0.717) is 0 Å². The molecule has 11 rings (SSSR count). The normalized spacial score (nSPS) is 12.6. The van der Waals surface area contributed by atoms with Crippen molar-refractivity contribution in [2.75, 3.05) is 4.90 Å². The lowest BCUT2D eigenvalue weighted by atomic mass is 9.65. The maximum absolute atomic E-state index is 2.44. The third kappa shape index (κ3) is 6.32. The third-order valence-corrected chi connectivity index (χ3v) is 13.1. The van der Waals surface area contributed by atoms with Gasteiger partial charge >= 0.3 is 0 Å². The highest BCUT2D eigenvalue weighted by atomic mass is 15.1. The molecule has 0 spiro atoms. The highest BCUT2D eigenvalue weighted by molar-refractivity contribution is 5.89. The molecular formula is C62H45N. The van der Waals surface area contributed by atoms with E-state index in [-0.39, 0.29) is 0 Å². The second kappa shape index (κ2) is 16.1. The smallest absolute Gasteiger partial charge is 0.0714 e.